The Labute approximate surface area is 133 Å². The lowest BCUT2D eigenvalue weighted by molar-refractivity contribution is 0.431. The van der Waals surface area contributed by atoms with Gasteiger partial charge in [-0.15, -0.1) is 0 Å². The second kappa shape index (κ2) is 5.39. The molecule has 1 aliphatic rings. The van der Waals surface area contributed by atoms with Gasteiger partial charge in [0.15, 0.2) is 5.65 Å². The quantitative estimate of drug-likeness (QED) is 0.775. The Morgan fingerprint density at radius 3 is 2.77 bits per heavy atom. The summed E-state index contributed by atoms with van der Waals surface area (Å²) in [6.07, 6.45) is 11.8. The van der Waals surface area contributed by atoms with Crippen molar-refractivity contribution in [2.75, 3.05) is 0 Å². The molecule has 1 aliphatic carbocycles. The van der Waals surface area contributed by atoms with E-state index in [9.17, 15) is 0 Å². The molecule has 0 unspecified atom stereocenters. The van der Waals surface area contributed by atoms with E-state index in [4.69, 9.17) is 16.6 Å². The third-order valence-corrected chi connectivity index (χ3v) is 4.76. The first kappa shape index (κ1) is 13.8. The molecule has 0 amide bonds. The van der Waals surface area contributed by atoms with E-state index in [1.54, 1.807) is 10.9 Å². The molecule has 114 valence electrons. The molecule has 0 bridgehead atoms. The maximum Gasteiger partial charge on any atom is 0.178 e. The second-order valence-electron chi connectivity index (χ2n) is 6.04. The predicted octanol–water partition coefficient (Wildman–Crippen LogP) is 4.06. The van der Waals surface area contributed by atoms with Crippen LogP contribution in [0.2, 0.25) is 5.02 Å². The zero-order valence-electron chi connectivity index (χ0n) is 12.5. The molecule has 4 rings (SSSR count). The Kier molecular flexibility index (Phi) is 3.37. The summed E-state index contributed by atoms with van der Waals surface area (Å²) >= 11 is 6.39. The average molecular weight is 316 g/mol. The molecule has 0 spiro atoms. The number of halogens is 1. The Balaban J connectivity index is 1.85. The molecular weight excluding hydrogens is 298 g/mol. The van der Waals surface area contributed by atoms with Crippen molar-refractivity contribution in [2.45, 2.75) is 38.0 Å². The van der Waals surface area contributed by atoms with Crippen LogP contribution in [-0.4, -0.2) is 24.7 Å². The highest BCUT2D eigenvalue weighted by Gasteiger charge is 2.21. The maximum atomic E-state index is 6.39. The molecule has 0 aromatic carbocycles. The summed E-state index contributed by atoms with van der Waals surface area (Å²) in [5.74, 6) is 1.57. The van der Waals surface area contributed by atoms with E-state index in [-0.39, 0.29) is 0 Å². The molecule has 22 heavy (non-hydrogen) atoms. The van der Waals surface area contributed by atoms with Gasteiger partial charge in [0, 0.05) is 36.5 Å². The van der Waals surface area contributed by atoms with E-state index in [2.05, 4.69) is 15.1 Å². The van der Waals surface area contributed by atoms with Crippen LogP contribution < -0.4 is 0 Å². The van der Waals surface area contributed by atoms with Crippen molar-refractivity contribution in [1.82, 2.24) is 24.7 Å². The van der Waals surface area contributed by atoms with Gasteiger partial charge >= 0.3 is 0 Å². The number of nitrogens with zero attached hydrogens (tertiary/aromatic N) is 4. The van der Waals surface area contributed by atoms with Crippen molar-refractivity contribution in [3.05, 3.63) is 29.4 Å². The topological polar surface area (TPSA) is 59.4 Å². The first-order valence-corrected chi connectivity index (χ1v) is 8.13. The van der Waals surface area contributed by atoms with Crippen LogP contribution in [0.1, 0.15) is 43.8 Å². The van der Waals surface area contributed by atoms with Crippen molar-refractivity contribution in [3.63, 3.8) is 0 Å². The molecule has 3 heterocycles. The van der Waals surface area contributed by atoms with E-state index in [1.165, 1.54) is 32.1 Å². The first-order valence-electron chi connectivity index (χ1n) is 7.75. The smallest absolute Gasteiger partial charge is 0.178 e. The van der Waals surface area contributed by atoms with Crippen molar-refractivity contribution >= 4 is 22.8 Å². The molecular formula is C16H18ClN5. The van der Waals surface area contributed by atoms with Gasteiger partial charge in [-0.2, -0.15) is 5.10 Å². The standard InChI is InChI=1S/C16H18ClN5/c1-22-9-11(7-19-22)13-12(17)8-18-16-14(13)20-15(21-16)10-5-3-2-4-6-10/h7-10H,2-6H2,1H3,(H,18,20,21). The molecule has 1 saturated carbocycles. The highest BCUT2D eigenvalue weighted by molar-refractivity contribution is 6.34. The number of aromatic nitrogens is 5. The molecule has 5 nitrogen and oxygen atoms in total. The Hall–Kier alpha value is -1.88. The number of hydrogen-bond acceptors (Lipinski definition) is 3. The second-order valence-corrected chi connectivity index (χ2v) is 6.45. The largest absolute Gasteiger partial charge is 0.340 e. The highest BCUT2D eigenvalue weighted by Crippen LogP contribution is 2.36. The summed E-state index contributed by atoms with van der Waals surface area (Å²) in [5, 5.41) is 4.87. The molecule has 3 aromatic heterocycles. The van der Waals surface area contributed by atoms with E-state index >= 15 is 0 Å². The van der Waals surface area contributed by atoms with Gasteiger partial charge in [0.1, 0.15) is 5.82 Å². The number of fused-ring (bicyclic) bond motifs is 1. The Morgan fingerprint density at radius 2 is 2.05 bits per heavy atom. The number of nitrogens with one attached hydrogen (secondary N) is 1. The molecule has 0 saturated heterocycles. The normalized spacial score (nSPS) is 16.5. The summed E-state index contributed by atoms with van der Waals surface area (Å²) in [4.78, 5) is 12.6. The first-order chi connectivity index (χ1) is 10.7. The van der Waals surface area contributed by atoms with Gasteiger partial charge in [-0.05, 0) is 12.8 Å². The summed E-state index contributed by atoms with van der Waals surface area (Å²) in [6, 6.07) is 0. The Morgan fingerprint density at radius 1 is 1.23 bits per heavy atom. The zero-order valence-corrected chi connectivity index (χ0v) is 13.3. The number of aromatic amines is 1. The van der Waals surface area contributed by atoms with Gasteiger partial charge in [-0.25, -0.2) is 9.97 Å². The van der Waals surface area contributed by atoms with E-state index in [0.29, 0.717) is 10.9 Å². The van der Waals surface area contributed by atoms with Crippen LogP contribution >= 0.6 is 11.6 Å². The van der Waals surface area contributed by atoms with Gasteiger partial charge in [-0.1, -0.05) is 30.9 Å². The third-order valence-electron chi connectivity index (χ3n) is 4.48. The molecule has 0 atom stereocenters. The third kappa shape index (κ3) is 2.29. The number of pyridine rings is 1. The molecule has 6 heteroatoms. The van der Waals surface area contributed by atoms with E-state index in [1.807, 2.05) is 19.4 Å². The highest BCUT2D eigenvalue weighted by atomic mass is 35.5. The number of imidazole rings is 1. The van der Waals surface area contributed by atoms with Crippen molar-refractivity contribution in [1.29, 1.82) is 0 Å². The monoisotopic (exact) mass is 315 g/mol. The fraction of sp³-hybridized carbons (Fsp3) is 0.438. The zero-order chi connectivity index (χ0) is 15.1. The minimum Gasteiger partial charge on any atom is -0.340 e. The van der Waals surface area contributed by atoms with Crippen LogP contribution in [0.15, 0.2) is 18.6 Å². The van der Waals surface area contributed by atoms with Crippen LogP contribution in [0, 0.1) is 0 Å². The summed E-state index contributed by atoms with van der Waals surface area (Å²) in [7, 11) is 1.90. The lowest BCUT2D eigenvalue weighted by Gasteiger charge is -2.18. The van der Waals surface area contributed by atoms with Gasteiger partial charge in [-0.3, -0.25) is 4.68 Å². The lowest BCUT2D eigenvalue weighted by atomic mass is 9.89. The summed E-state index contributed by atoms with van der Waals surface area (Å²) < 4.78 is 1.77. The summed E-state index contributed by atoms with van der Waals surface area (Å²) in [6.45, 7) is 0. The van der Waals surface area contributed by atoms with Crippen LogP contribution in [0.4, 0.5) is 0 Å². The number of aryl methyl sites for hydroxylation is 1. The van der Waals surface area contributed by atoms with E-state index in [0.717, 1.165) is 28.1 Å². The lowest BCUT2D eigenvalue weighted by Crippen LogP contribution is -2.05. The fourth-order valence-electron chi connectivity index (χ4n) is 3.35. The van der Waals surface area contributed by atoms with Crippen LogP contribution in [0.3, 0.4) is 0 Å². The molecule has 0 aliphatic heterocycles. The van der Waals surface area contributed by atoms with Crippen molar-refractivity contribution < 1.29 is 0 Å². The number of H-pyrrole nitrogens is 1. The number of hydrogen-bond donors (Lipinski definition) is 1. The van der Waals surface area contributed by atoms with Crippen LogP contribution in [0.5, 0.6) is 0 Å². The predicted molar refractivity (Wildman–Crippen MR) is 86.9 cm³/mol. The molecule has 1 fully saturated rings. The van der Waals surface area contributed by atoms with Gasteiger partial charge in [0.25, 0.3) is 0 Å². The Bertz CT molecular complexity index is 813. The van der Waals surface area contributed by atoms with Gasteiger partial charge in [0.05, 0.1) is 16.7 Å². The van der Waals surface area contributed by atoms with E-state index < -0.39 is 0 Å². The van der Waals surface area contributed by atoms with Gasteiger partial charge in [0.2, 0.25) is 0 Å². The maximum absolute atomic E-state index is 6.39. The molecule has 0 radical (unpaired) electrons. The van der Waals surface area contributed by atoms with Crippen molar-refractivity contribution in [2.24, 2.45) is 7.05 Å². The van der Waals surface area contributed by atoms with Gasteiger partial charge < -0.3 is 4.98 Å². The number of rotatable bonds is 2. The van der Waals surface area contributed by atoms with Crippen molar-refractivity contribution in [3.8, 4) is 11.1 Å². The van der Waals surface area contributed by atoms with Crippen LogP contribution in [-0.2, 0) is 7.05 Å². The summed E-state index contributed by atoms with van der Waals surface area (Å²) in [5.41, 5.74) is 3.58. The SMILES string of the molecule is Cn1cc(-c2c(Cl)cnc3nc(C4CCCCC4)[nH]c23)cn1. The van der Waals surface area contributed by atoms with Crippen LogP contribution in [0.25, 0.3) is 22.3 Å². The molecule has 1 N–H and O–H groups in total. The fourth-order valence-corrected chi connectivity index (χ4v) is 3.61. The minimum atomic E-state index is 0.517. The average Bonchev–Trinajstić information content (AvgIpc) is 3.14. The minimum absolute atomic E-state index is 0.517. The molecule has 3 aromatic rings.